The highest BCUT2D eigenvalue weighted by Crippen LogP contribution is 2.49. The van der Waals surface area contributed by atoms with Crippen molar-refractivity contribution < 1.29 is 15.1 Å². The first kappa shape index (κ1) is 11.6. The molecule has 0 N–H and O–H groups in total. The molecule has 0 spiro atoms. The number of rotatable bonds is 1. The van der Waals surface area contributed by atoms with E-state index in [9.17, 15) is 2.74 Å². The van der Waals surface area contributed by atoms with Crippen molar-refractivity contribution in [3.63, 3.8) is 0 Å². The van der Waals surface area contributed by atoms with Gasteiger partial charge in [-0.1, -0.05) is 109 Å². The summed E-state index contributed by atoms with van der Waals surface area (Å²) in [5.74, 6) is 0. The molecule has 1 aliphatic rings. The fraction of sp³-hybridized carbons (Fsp3) is 0. The molecule has 0 amide bonds. The molecule has 0 aromatic heterocycles. The van der Waals surface area contributed by atoms with Crippen LogP contribution < -0.4 is 0 Å². The highest BCUT2D eigenvalue weighted by molar-refractivity contribution is 7.99. The number of fused-ring (bicyclic) bond motifs is 6. The van der Waals surface area contributed by atoms with Crippen LogP contribution in [0.15, 0.2) is 131 Å². The number of hydrogen-bond donors (Lipinski definition) is 0. The minimum absolute atomic E-state index is 0.0126. The summed E-state index contributed by atoms with van der Waals surface area (Å²) in [5, 5.41) is 1.65. The lowest BCUT2D eigenvalue weighted by molar-refractivity contribution is 1.40. The van der Waals surface area contributed by atoms with E-state index in [1.807, 2.05) is 42.5 Å². The average Bonchev–Trinajstić information content (AvgIpc) is 3.05. The standard InChI is InChI=1S/C34H20S/c1-3-11-25-21(7-1)15-17-28-29(25)19-23-8-2-4-12-26(23)33(28)24-16-18-31-30(20-24)27-13-5-9-22-10-6-14-32(35-31)34(22)27/h1-20H/i1D,2D,3D,4D,7D,8D,11D,12D,15D,17D,19D. The normalized spacial score (nSPS) is 16.9. The molecule has 162 valence electrons. The Bertz CT molecular complexity index is 2570. The number of hydrogen-bond acceptors (Lipinski definition) is 1. The Morgan fingerprint density at radius 2 is 1.34 bits per heavy atom. The lowest BCUT2D eigenvalue weighted by Crippen LogP contribution is -1.94. The van der Waals surface area contributed by atoms with Gasteiger partial charge in [0.2, 0.25) is 0 Å². The van der Waals surface area contributed by atoms with Crippen molar-refractivity contribution in [2.75, 3.05) is 0 Å². The largest absolute Gasteiger partial charge is 0.0888 e. The summed E-state index contributed by atoms with van der Waals surface area (Å²) in [7, 11) is 0. The highest BCUT2D eigenvalue weighted by atomic mass is 32.2. The molecule has 1 heteroatoms. The third-order valence-corrected chi connectivity index (χ3v) is 7.72. The van der Waals surface area contributed by atoms with Gasteiger partial charge >= 0.3 is 0 Å². The molecule has 0 bridgehead atoms. The predicted molar refractivity (Wildman–Crippen MR) is 151 cm³/mol. The van der Waals surface area contributed by atoms with Gasteiger partial charge in [0, 0.05) is 15.2 Å². The molecule has 0 aliphatic carbocycles. The van der Waals surface area contributed by atoms with E-state index in [0.717, 1.165) is 31.7 Å². The third-order valence-electron chi connectivity index (χ3n) is 6.58. The SMILES string of the molecule is [2H]c1c([2H])c([2H])c2c([2H])c3c(c([2H])c([2H])c4c([2H])c([2H])c([2H])c([2H])c43)c(-c3ccc4c(c3)-c3cccc5cccc(c35)S4)c2c1[2H]. The second-order valence-electron chi connectivity index (χ2n) is 8.47. The molecule has 8 rings (SSSR count). The molecule has 0 fully saturated rings. The van der Waals surface area contributed by atoms with Gasteiger partial charge in [-0.05, 0) is 84.2 Å². The van der Waals surface area contributed by atoms with Crippen LogP contribution >= 0.6 is 11.8 Å². The molecule has 35 heavy (non-hydrogen) atoms. The van der Waals surface area contributed by atoms with E-state index in [0.29, 0.717) is 5.56 Å². The van der Waals surface area contributed by atoms with Gasteiger partial charge in [-0.15, -0.1) is 0 Å². The van der Waals surface area contributed by atoms with Gasteiger partial charge < -0.3 is 0 Å². The van der Waals surface area contributed by atoms with Crippen molar-refractivity contribution in [1.82, 2.24) is 0 Å². The molecular weight excluding hydrogens is 440 g/mol. The van der Waals surface area contributed by atoms with E-state index in [1.54, 1.807) is 17.8 Å². The summed E-state index contributed by atoms with van der Waals surface area (Å²) in [6.07, 6.45) is 0. The van der Waals surface area contributed by atoms with Crippen molar-refractivity contribution in [3.8, 4) is 22.3 Å². The molecular formula is C34H20S. The molecule has 7 aromatic carbocycles. The summed E-state index contributed by atoms with van der Waals surface area (Å²) in [6, 6.07) is 12.5. The average molecular weight is 472 g/mol. The Morgan fingerprint density at radius 3 is 2.26 bits per heavy atom. The summed E-state index contributed by atoms with van der Waals surface area (Å²) in [6.45, 7) is 0. The van der Waals surface area contributed by atoms with E-state index >= 15 is 0 Å². The minimum Gasteiger partial charge on any atom is -0.0888 e. The monoisotopic (exact) mass is 471 g/mol. The van der Waals surface area contributed by atoms with E-state index in [4.69, 9.17) is 12.3 Å². The van der Waals surface area contributed by atoms with Crippen LogP contribution in [0.1, 0.15) is 15.1 Å². The molecule has 0 saturated heterocycles. The van der Waals surface area contributed by atoms with Crippen molar-refractivity contribution in [3.05, 3.63) is 121 Å². The van der Waals surface area contributed by atoms with Crippen LogP contribution in [0.4, 0.5) is 0 Å². The molecule has 0 saturated carbocycles. The van der Waals surface area contributed by atoms with Crippen molar-refractivity contribution in [2.24, 2.45) is 0 Å². The smallest absolute Gasteiger partial charge is 0.0636 e. The van der Waals surface area contributed by atoms with E-state index < -0.39 is 66.5 Å². The van der Waals surface area contributed by atoms with Crippen LogP contribution in [0, 0.1) is 0 Å². The van der Waals surface area contributed by atoms with Gasteiger partial charge in [0.25, 0.3) is 0 Å². The van der Waals surface area contributed by atoms with Gasteiger partial charge in [-0.25, -0.2) is 0 Å². The quantitative estimate of drug-likeness (QED) is 0.169. The maximum atomic E-state index is 9.30. The molecule has 0 radical (unpaired) electrons. The Kier molecular flexibility index (Phi) is 2.39. The third kappa shape index (κ3) is 2.76. The zero-order valence-corrected chi connectivity index (χ0v) is 18.9. The van der Waals surface area contributed by atoms with Crippen LogP contribution in [0.5, 0.6) is 0 Å². The molecule has 1 aliphatic heterocycles. The Labute approximate surface area is 223 Å². The zero-order chi connectivity index (χ0) is 32.5. The zero-order valence-electron chi connectivity index (χ0n) is 29.1. The van der Waals surface area contributed by atoms with Crippen molar-refractivity contribution in [1.29, 1.82) is 0 Å². The van der Waals surface area contributed by atoms with Crippen LogP contribution in [-0.2, 0) is 0 Å². The summed E-state index contributed by atoms with van der Waals surface area (Å²) in [5.41, 5.74) is 2.55. The van der Waals surface area contributed by atoms with Gasteiger partial charge in [-0.2, -0.15) is 0 Å². The van der Waals surface area contributed by atoms with Gasteiger partial charge in [0.1, 0.15) is 0 Å². The second kappa shape index (κ2) is 7.21. The highest BCUT2D eigenvalue weighted by Gasteiger charge is 2.20. The van der Waals surface area contributed by atoms with Crippen LogP contribution in [0.25, 0.3) is 65.3 Å². The summed E-state index contributed by atoms with van der Waals surface area (Å²) >= 11 is 1.61. The van der Waals surface area contributed by atoms with Gasteiger partial charge in [0.05, 0.1) is 15.1 Å². The van der Waals surface area contributed by atoms with Crippen molar-refractivity contribution in [2.45, 2.75) is 9.79 Å². The van der Waals surface area contributed by atoms with Crippen LogP contribution in [-0.4, -0.2) is 0 Å². The Morgan fingerprint density at radius 1 is 0.543 bits per heavy atom. The molecule has 7 aromatic rings. The maximum absolute atomic E-state index is 9.30. The Hall–Kier alpha value is -4.07. The van der Waals surface area contributed by atoms with E-state index in [-0.39, 0.29) is 37.9 Å². The lowest BCUT2D eigenvalue weighted by atomic mass is 9.88. The first-order valence-electron chi connectivity index (χ1n) is 16.6. The molecule has 1 heterocycles. The number of benzene rings is 7. The summed E-state index contributed by atoms with van der Waals surface area (Å²) < 4.78 is 96.2. The maximum Gasteiger partial charge on any atom is 0.0636 e. The first-order valence-corrected chi connectivity index (χ1v) is 12.0. The second-order valence-corrected chi connectivity index (χ2v) is 9.56. The van der Waals surface area contributed by atoms with Gasteiger partial charge in [0.15, 0.2) is 0 Å². The van der Waals surface area contributed by atoms with Crippen LogP contribution in [0.3, 0.4) is 0 Å². The minimum atomic E-state index is -0.569. The van der Waals surface area contributed by atoms with Gasteiger partial charge in [-0.3, -0.25) is 0 Å². The molecule has 0 atom stereocenters. The van der Waals surface area contributed by atoms with E-state index in [1.165, 1.54) is 0 Å². The summed E-state index contributed by atoms with van der Waals surface area (Å²) in [4.78, 5) is 2.07. The Balaban J connectivity index is 1.64. The van der Waals surface area contributed by atoms with E-state index in [2.05, 4.69) is 6.07 Å². The molecule has 0 nitrogen and oxygen atoms in total. The fourth-order valence-corrected chi connectivity index (χ4v) is 6.20. The molecule has 0 unspecified atom stereocenters. The van der Waals surface area contributed by atoms with Crippen molar-refractivity contribution >= 4 is 54.9 Å². The lowest BCUT2D eigenvalue weighted by Gasteiger charge is -2.22. The topological polar surface area (TPSA) is 0 Å². The first-order chi connectivity index (χ1) is 21.9. The fourth-order valence-electron chi connectivity index (χ4n) is 5.07. The predicted octanol–water partition coefficient (Wildman–Crippen LogP) is 10.1. The van der Waals surface area contributed by atoms with Crippen LogP contribution in [0.2, 0.25) is 0 Å².